The average molecular weight is 387 g/mol. The Hall–Kier alpha value is -3.41. The van der Waals surface area contributed by atoms with E-state index in [2.05, 4.69) is 10.3 Å². The molecule has 1 aliphatic carbocycles. The Balaban J connectivity index is 1.48. The van der Waals surface area contributed by atoms with Gasteiger partial charge in [0.2, 0.25) is 0 Å². The van der Waals surface area contributed by atoms with Crippen LogP contribution >= 0.6 is 0 Å². The highest BCUT2D eigenvalue weighted by molar-refractivity contribution is 6.14. The molecule has 1 aliphatic heterocycles. The van der Waals surface area contributed by atoms with E-state index in [0.717, 1.165) is 46.2 Å². The maximum atomic E-state index is 13.5. The van der Waals surface area contributed by atoms with E-state index in [1.54, 1.807) is 6.20 Å². The summed E-state index contributed by atoms with van der Waals surface area (Å²) in [4.78, 5) is 43.3. The lowest BCUT2D eigenvalue weighted by molar-refractivity contribution is -0.131. The summed E-state index contributed by atoms with van der Waals surface area (Å²) >= 11 is 0. The zero-order chi connectivity index (χ0) is 20.0. The number of nitrogens with one attached hydrogen (secondary N) is 2. The summed E-state index contributed by atoms with van der Waals surface area (Å²) in [5, 5.41) is 3.72. The van der Waals surface area contributed by atoms with Crippen LogP contribution in [0, 0.1) is 0 Å². The van der Waals surface area contributed by atoms with Crippen LogP contribution < -0.4 is 5.32 Å². The normalized spacial score (nSPS) is 21.3. The molecule has 29 heavy (non-hydrogen) atoms. The second kappa shape index (κ2) is 6.58. The summed E-state index contributed by atoms with van der Waals surface area (Å²) in [5.41, 5.74) is 2.22. The smallest absolute Gasteiger partial charge is 0.325 e. The number of ketones is 1. The number of fused-ring (bicyclic) bond motifs is 3. The first kappa shape index (κ1) is 17.7. The zero-order valence-corrected chi connectivity index (χ0v) is 15.9. The number of rotatable bonds is 3. The van der Waals surface area contributed by atoms with Crippen LogP contribution in [-0.4, -0.2) is 34.2 Å². The van der Waals surface area contributed by atoms with Gasteiger partial charge in [0.25, 0.3) is 5.91 Å². The molecular formula is C23H21N3O3. The number of amides is 3. The van der Waals surface area contributed by atoms with Gasteiger partial charge in [-0.1, -0.05) is 42.5 Å². The van der Waals surface area contributed by atoms with Crippen molar-refractivity contribution in [1.29, 1.82) is 0 Å². The highest BCUT2D eigenvalue weighted by Crippen LogP contribution is 2.39. The molecule has 2 N–H and O–H groups in total. The van der Waals surface area contributed by atoms with Crippen molar-refractivity contribution >= 4 is 28.6 Å². The average Bonchev–Trinajstić information content (AvgIpc) is 3.20. The highest BCUT2D eigenvalue weighted by Gasteiger charge is 2.53. The number of Topliss-reactive ketones (excluding diaryl/α,β-unsaturated/α-hetero) is 1. The van der Waals surface area contributed by atoms with Gasteiger partial charge in [0.05, 0.1) is 6.54 Å². The van der Waals surface area contributed by atoms with Crippen LogP contribution in [0.3, 0.4) is 0 Å². The van der Waals surface area contributed by atoms with Crippen molar-refractivity contribution in [2.75, 3.05) is 6.54 Å². The molecule has 2 aromatic carbocycles. The molecule has 146 valence electrons. The van der Waals surface area contributed by atoms with Crippen molar-refractivity contribution in [3.05, 3.63) is 71.4 Å². The number of carbonyl (C=O) groups is 3. The number of urea groups is 1. The molecule has 1 spiro atoms. The van der Waals surface area contributed by atoms with Gasteiger partial charge in [0.15, 0.2) is 5.78 Å². The topological polar surface area (TPSA) is 82.3 Å². The van der Waals surface area contributed by atoms with E-state index in [9.17, 15) is 14.4 Å². The lowest BCUT2D eigenvalue weighted by Gasteiger charge is -2.27. The molecule has 2 heterocycles. The monoisotopic (exact) mass is 387 g/mol. The van der Waals surface area contributed by atoms with E-state index in [1.807, 2.05) is 48.5 Å². The van der Waals surface area contributed by atoms with Gasteiger partial charge in [-0.3, -0.25) is 14.5 Å². The maximum absolute atomic E-state index is 13.5. The third-order valence-corrected chi connectivity index (χ3v) is 6.09. The predicted octanol–water partition coefficient (Wildman–Crippen LogP) is 3.52. The number of carbonyl (C=O) groups excluding carboxylic acids is 3. The van der Waals surface area contributed by atoms with E-state index in [1.165, 1.54) is 0 Å². The van der Waals surface area contributed by atoms with Crippen molar-refractivity contribution in [2.24, 2.45) is 0 Å². The summed E-state index contributed by atoms with van der Waals surface area (Å²) in [5.74, 6) is -0.588. The van der Waals surface area contributed by atoms with Gasteiger partial charge >= 0.3 is 6.03 Å². The number of para-hydroxylation sites is 1. The van der Waals surface area contributed by atoms with Crippen LogP contribution in [0.1, 0.15) is 40.7 Å². The Labute approximate surface area is 167 Å². The van der Waals surface area contributed by atoms with Crippen LogP contribution in [0.4, 0.5) is 4.79 Å². The molecule has 0 radical (unpaired) electrons. The van der Waals surface area contributed by atoms with Crippen molar-refractivity contribution in [3.8, 4) is 0 Å². The van der Waals surface area contributed by atoms with E-state index < -0.39 is 11.6 Å². The molecule has 2 aliphatic rings. The minimum Gasteiger partial charge on any atom is -0.360 e. The number of hydrogen-bond acceptors (Lipinski definition) is 3. The first-order chi connectivity index (χ1) is 14.1. The Morgan fingerprint density at radius 1 is 1.03 bits per heavy atom. The molecule has 1 atom stereocenters. The van der Waals surface area contributed by atoms with Crippen LogP contribution in [0.15, 0.2) is 54.7 Å². The van der Waals surface area contributed by atoms with Crippen molar-refractivity contribution in [3.63, 3.8) is 0 Å². The minimum atomic E-state index is -1.06. The predicted molar refractivity (Wildman–Crippen MR) is 109 cm³/mol. The lowest BCUT2D eigenvalue weighted by atomic mass is 9.84. The minimum absolute atomic E-state index is 0.259. The van der Waals surface area contributed by atoms with Crippen molar-refractivity contribution in [2.45, 2.75) is 31.2 Å². The van der Waals surface area contributed by atoms with Crippen LogP contribution in [-0.2, 0) is 16.8 Å². The number of benzene rings is 2. The van der Waals surface area contributed by atoms with E-state index >= 15 is 0 Å². The van der Waals surface area contributed by atoms with Gasteiger partial charge in [-0.15, -0.1) is 0 Å². The fourth-order valence-electron chi connectivity index (χ4n) is 4.65. The molecule has 0 unspecified atom stereocenters. The Morgan fingerprint density at radius 2 is 1.83 bits per heavy atom. The SMILES string of the molecule is O=C(CN1C(=O)N[C@@]2(CCCCc3ccccc32)C1=O)c1c[nH]c2ccccc12. The van der Waals surface area contributed by atoms with Gasteiger partial charge in [-0.25, -0.2) is 4.79 Å². The molecule has 6 nitrogen and oxygen atoms in total. The summed E-state index contributed by atoms with van der Waals surface area (Å²) in [7, 11) is 0. The molecular weight excluding hydrogens is 366 g/mol. The molecule has 1 fully saturated rings. The first-order valence-corrected chi connectivity index (χ1v) is 9.92. The molecule has 3 amide bonds. The van der Waals surface area contributed by atoms with Gasteiger partial charge < -0.3 is 10.3 Å². The van der Waals surface area contributed by atoms with E-state index in [-0.39, 0.29) is 18.2 Å². The van der Waals surface area contributed by atoms with Crippen LogP contribution in [0.2, 0.25) is 0 Å². The Bertz CT molecular complexity index is 1150. The van der Waals surface area contributed by atoms with Crippen molar-refractivity contribution in [1.82, 2.24) is 15.2 Å². The van der Waals surface area contributed by atoms with Crippen LogP contribution in [0.5, 0.6) is 0 Å². The third-order valence-electron chi connectivity index (χ3n) is 6.09. The number of aryl methyl sites for hydroxylation is 1. The second-order valence-electron chi connectivity index (χ2n) is 7.76. The summed E-state index contributed by atoms with van der Waals surface area (Å²) in [6, 6.07) is 14.8. The Kier molecular flexibility index (Phi) is 4.01. The number of aromatic amines is 1. The number of H-pyrrole nitrogens is 1. The first-order valence-electron chi connectivity index (χ1n) is 9.92. The molecule has 0 bridgehead atoms. The molecule has 1 aromatic heterocycles. The van der Waals surface area contributed by atoms with Gasteiger partial charge in [0, 0.05) is 22.7 Å². The quantitative estimate of drug-likeness (QED) is 0.533. The highest BCUT2D eigenvalue weighted by atomic mass is 16.2. The van der Waals surface area contributed by atoms with Gasteiger partial charge in [-0.2, -0.15) is 0 Å². The van der Waals surface area contributed by atoms with Gasteiger partial charge in [-0.05, 0) is 42.9 Å². The summed E-state index contributed by atoms with van der Waals surface area (Å²) < 4.78 is 0. The fourth-order valence-corrected chi connectivity index (χ4v) is 4.65. The van der Waals surface area contributed by atoms with Crippen molar-refractivity contribution < 1.29 is 14.4 Å². The second-order valence-corrected chi connectivity index (χ2v) is 7.76. The maximum Gasteiger partial charge on any atom is 0.325 e. The molecule has 6 heteroatoms. The number of hydrogen-bond donors (Lipinski definition) is 2. The largest absolute Gasteiger partial charge is 0.360 e. The number of nitrogens with zero attached hydrogens (tertiary/aromatic N) is 1. The number of imide groups is 1. The summed E-state index contributed by atoms with van der Waals surface area (Å²) in [6.45, 7) is -0.267. The molecule has 1 saturated heterocycles. The lowest BCUT2D eigenvalue weighted by Crippen LogP contribution is -2.44. The van der Waals surface area contributed by atoms with E-state index in [4.69, 9.17) is 0 Å². The van der Waals surface area contributed by atoms with Crippen LogP contribution in [0.25, 0.3) is 10.9 Å². The van der Waals surface area contributed by atoms with Gasteiger partial charge in [0.1, 0.15) is 5.54 Å². The third kappa shape index (κ3) is 2.67. The molecule has 0 saturated carbocycles. The molecule has 5 rings (SSSR count). The fraction of sp³-hybridized carbons (Fsp3) is 0.261. The number of aromatic nitrogens is 1. The standard InChI is InChI=1S/C23H21N3O3/c27-20(17-13-24-19-11-4-2-9-16(17)19)14-26-21(28)23(25-22(26)29)12-6-5-8-15-7-1-3-10-18(15)23/h1-4,7,9-11,13,24H,5-6,8,12,14H2,(H,25,29)/t23-/m1/s1. The van der Waals surface area contributed by atoms with E-state index in [0.29, 0.717) is 12.0 Å². The zero-order valence-electron chi connectivity index (χ0n) is 15.9. The molecule has 3 aromatic rings. The summed E-state index contributed by atoms with van der Waals surface area (Å²) in [6.07, 6.45) is 4.88. The Morgan fingerprint density at radius 3 is 2.72 bits per heavy atom.